The average Bonchev–Trinajstić information content (AvgIpc) is 2.99. The number of hydrogen-bond donors (Lipinski definition) is 1. The molecule has 2 fully saturated rings. The Kier molecular flexibility index (Phi) is 5.95. The summed E-state index contributed by atoms with van der Waals surface area (Å²) in [4.78, 5) is 26.5. The molecule has 1 saturated heterocycles. The van der Waals surface area contributed by atoms with E-state index in [9.17, 15) is 9.59 Å². The molecule has 32 heavy (non-hydrogen) atoms. The Morgan fingerprint density at radius 2 is 2.06 bits per heavy atom. The summed E-state index contributed by atoms with van der Waals surface area (Å²) in [6, 6.07) is 6.13. The molecule has 4 atom stereocenters. The van der Waals surface area contributed by atoms with E-state index in [1.54, 1.807) is 14.0 Å². The smallest absolute Gasteiger partial charge is 0.332 e. The summed E-state index contributed by atoms with van der Waals surface area (Å²) in [6.07, 6.45) is 8.28. The monoisotopic (exact) mass is 437 g/mol. The molecule has 2 aliphatic carbocycles. The van der Waals surface area contributed by atoms with Gasteiger partial charge in [-0.05, 0) is 46.6 Å². The summed E-state index contributed by atoms with van der Waals surface area (Å²) in [5, 5.41) is 3.63. The third kappa shape index (κ3) is 3.56. The summed E-state index contributed by atoms with van der Waals surface area (Å²) in [7, 11) is 1.67. The zero-order chi connectivity index (χ0) is 23.1. The van der Waals surface area contributed by atoms with Crippen LogP contribution in [0.2, 0.25) is 0 Å². The molecular weight excluding hydrogens is 402 g/mol. The average molecular weight is 438 g/mol. The predicted molar refractivity (Wildman–Crippen MR) is 125 cm³/mol. The molecule has 4 rings (SSSR count). The molecule has 1 aliphatic heterocycles. The molecule has 0 amide bonds. The van der Waals surface area contributed by atoms with E-state index in [1.165, 1.54) is 6.08 Å². The number of carbonyl (C=O) groups is 2. The summed E-state index contributed by atoms with van der Waals surface area (Å²) >= 11 is 0. The first-order valence-corrected chi connectivity index (χ1v) is 11.8. The Morgan fingerprint density at radius 1 is 1.28 bits per heavy atom. The van der Waals surface area contributed by atoms with Crippen molar-refractivity contribution in [3.05, 3.63) is 52.7 Å². The molecule has 5 heteroatoms. The van der Waals surface area contributed by atoms with Crippen LogP contribution in [0.1, 0.15) is 69.9 Å². The lowest BCUT2D eigenvalue weighted by Crippen LogP contribution is -2.48. The van der Waals surface area contributed by atoms with Gasteiger partial charge in [0.05, 0.1) is 19.1 Å². The van der Waals surface area contributed by atoms with Crippen LogP contribution in [0.5, 0.6) is 5.75 Å². The number of rotatable bonds is 4. The van der Waals surface area contributed by atoms with Crippen molar-refractivity contribution in [1.29, 1.82) is 0 Å². The van der Waals surface area contributed by atoms with Crippen LogP contribution in [0.4, 0.5) is 0 Å². The first kappa shape index (κ1) is 22.6. The third-order valence-corrected chi connectivity index (χ3v) is 7.79. The summed E-state index contributed by atoms with van der Waals surface area (Å²) in [6.45, 7) is 8.49. The van der Waals surface area contributed by atoms with Crippen LogP contribution >= 0.6 is 0 Å². The minimum Gasteiger partial charge on any atom is -0.496 e. The molecule has 5 nitrogen and oxygen atoms in total. The minimum atomic E-state index is -0.792. The van der Waals surface area contributed by atoms with Crippen molar-refractivity contribution < 1.29 is 19.1 Å². The lowest BCUT2D eigenvalue weighted by molar-refractivity contribution is -0.137. The van der Waals surface area contributed by atoms with Crippen LogP contribution < -0.4 is 10.1 Å². The number of ether oxygens (including phenoxy) is 2. The number of esters is 1. The Labute approximate surface area is 191 Å². The highest BCUT2D eigenvalue weighted by molar-refractivity contribution is 5.96. The number of Topliss-reactive ketones (excluding diaryl/α,β-unsaturated/α-hetero) is 1. The maximum atomic E-state index is 14.1. The number of nitrogens with one attached hydrogen (secondary N) is 1. The molecule has 1 saturated carbocycles. The summed E-state index contributed by atoms with van der Waals surface area (Å²) in [5.41, 5.74) is 3.07. The molecule has 3 aliphatic rings. The van der Waals surface area contributed by atoms with Crippen LogP contribution in [0.25, 0.3) is 0 Å². The largest absolute Gasteiger partial charge is 0.496 e. The molecule has 0 aromatic heterocycles. The number of allylic oxidation sites excluding steroid dienone is 2. The van der Waals surface area contributed by atoms with Gasteiger partial charge in [0.2, 0.25) is 0 Å². The number of ketones is 1. The second-order valence-corrected chi connectivity index (χ2v) is 9.83. The fraction of sp³-hybridized carbons (Fsp3) is 0.556. The SMILES string of the molecule is CCOC(=O)/C=C1\N[C@@]2(C)CCCC[C@H]2[C@@]12C=C(C)[C@@H](c1cc(C)ccc1OC)CC2=O. The van der Waals surface area contributed by atoms with Crippen molar-refractivity contribution in [3.63, 3.8) is 0 Å². The van der Waals surface area contributed by atoms with E-state index in [-0.39, 0.29) is 23.2 Å². The zero-order valence-corrected chi connectivity index (χ0v) is 19.9. The Hall–Kier alpha value is -2.56. The Bertz CT molecular complexity index is 993. The van der Waals surface area contributed by atoms with Gasteiger partial charge >= 0.3 is 5.97 Å². The van der Waals surface area contributed by atoms with Crippen molar-refractivity contribution in [2.24, 2.45) is 11.3 Å². The Morgan fingerprint density at radius 3 is 2.78 bits per heavy atom. The van der Waals surface area contributed by atoms with Gasteiger partial charge in [-0.1, -0.05) is 42.2 Å². The van der Waals surface area contributed by atoms with E-state index in [0.29, 0.717) is 18.7 Å². The molecule has 0 unspecified atom stereocenters. The van der Waals surface area contributed by atoms with Gasteiger partial charge in [0.25, 0.3) is 0 Å². The summed E-state index contributed by atoms with van der Waals surface area (Å²) < 4.78 is 10.8. The van der Waals surface area contributed by atoms with Crippen LogP contribution in [-0.2, 0) is 14.3 Å². The molecule has 172 valence electrons. The number of carbonyl (C=O) groups excluding carboxylic acids is 2. The topological polar surface area (TPSA) is 64.6 Å². The minimum absolute atomic E-state index is 0.0257. The van der Waals surface area contributed by atoms with Gasteiger partial charge < -0.3 is 14.8 Å². The molecule has 1 aromatic rings. The van der Waals surface area contributed by atoms with Gasteiger partial charge in [0.1, 0.15) is 11.5 Å². The number of hydrogen-bond acceptors (Lipinski definition) is 5. The third-order valence-electron chi connectivity index (χ3n) is 7.79. The first-order chi connectivity index (χ1) is 15.2. The van der Waals surface area contributed by atoms with Crippen molar-refractivity contribution in [2.75, 3.05) is 13.7 Å². The lowest BCUT2D eigenvalue weighted by Gasteiger charge is -2.43. The highest BCUT2D eigenvalue weighted by atomic mass is 16.5. The first-order valence-electron chi connectivity index (χ1n) is 11.8. The van der Waals surface area contributed by atoms with Gasteiger partial charge in [0, 0.05) is 41.1 Å². The van der Waals surface area contributed by atoms with Gasteiger partial charge in [0.15, 0.2) is 0 Å². The van der Waals surface area contributed by atoms with Crippen molar-refractivity contribution in [3.8, 4) is 5.75 Å². The molecule has 1 aromatic carbocycles. The van der Waals surface area contributed by atoms with Crippen molar-refractivity contribution in [2.45, 2.75) is 71.3 Å². The second kappa shape index (κ2) is 8.42. The number of methoxy groups -OCH3 is 1. The standard InChI is InChI=1S/C27H35NO4/c1-6-32-25(30)15-23-27(22-9-7-8-12-26(22,4)28-23)16-18(3)19(14-24(27)29)20-13-17(2)10-11-21(20)31-5/h10-11,13,15-16,19,22,28H,6-9,12,14H2,1-5H3/b23-15-/t19-,22+,26-,27-/m0/s1. The van der Waals surface area contributed by atoms with Crippen LogP contribution in [0.15, 0.2) is 41.6 Å². The van der Waals surface area contributed by atoms with Gasteiger partial charge in [-0.25, -0.2) is 4.79 Å². The fourth-order valence-corrected chi connectivity index (χ4v) is 6.33. The molecule has 0 bridgehead atoms. The molecule has 0 radical (unpaired) electrons. The van der Waals surface area contributed by atoms with Gasteiger partial charge in [-0.3, -0.25) is 4.79 Å². The summed E-state index contributed by atoms with van der Waals surface area (Å²) in [5.74, 6) is 0.703. The molecule has 1 N–H and O–H groups in total. The van der Waals surface area contributed by atoms with Gasteiger partial charge in [-0.2, -0.15) is 0 Å². The zero-order valence-electron chi connectivity index (χ0n) is 19.9. The van der Waals surface area contributed by atoms with E-state index in [2.05, 4.69) is 38.2 Å². The molecular formula is C27H35NO4. The molecule has 1 spiro atoms. The van der Waals surface area contributed by atoms with Crippen LogP contribution in [-0.4, -0.2) is 31.0 Å². The maximum Gasteiger partial charge on any atom is 0.332 e. The van der Waals surface area contributed by atoms with Gasteiger partial charge in [-0.15, -0.1) is 0 Å². The normalized spacial score (nSPS) is 33.0. The van der Waals surface area contributed by atoms with Crippen LogP contribution in [0.3, 0.4) is 0 Å². The van der Waals surface area contributed by atoms with Crippen LogP contribution in [0, 0.1) is 18.3 Å². The van der Waals surface area contributed by atoms with Crippen molar-refractivity contribution >= 4 is 11.8 Å². The highest BCUT2D eigenvalue weighted by Gasteiger charge is 2.62. The van der Waals surface area contributed by atoms with E-state index >= 15 is 0 Å². The van der Waals surface area contributed by atoms with E-state index in [4.69, 9.17) is 9.47 Å². The second-order valence-electron chi connectivity index (χ2n) is 9.83. The number of benzene rings is 1. The highest BCUT2D eigenvalue weighted by Crippen LogP contribution is 2.59. The Balaban J connectivity index is 1.84. The van der Waals surface area contributed by atoms with E-state index in [1.807, 2.05) is 12.1 Å². The fourth-order valence-electron chi connectivity index (χ4n) is 6.33. The number of aryl methyl sites for hydroxylation is 1. The van der Waals surface area contributed by atoms with Crippen molar-refractivity contribution in [1.82, 2.24) is 5.32 Å². The predicted octanol–water partition coefficient (Wildman–Crippen LogP) is 4.99. The maximum absolute atomic E-state index is 14.1. The quantitative estimate of drug-likeness (QED) is 0.408. The van der Waals surface area contributed by atoms with E-state index < -0.39 is 11.4 Å². The molecule has 1 heterocycles. The van der Waals surface area contributed by atoms with E-state index in [0.717, 1.165) is 48.1 Å². The lowest BCUT2D eigenvalue weighted by atomic mass is 9.57. The number of fused-ring (bicyclic) bond motifs is 2.